The van der Waals surface area contributed by atoms with Gasteiger partial charge in [0, 0.05) is 37.6 Å². The van der Waals surface area contributed by atoms with Crippen LogP contribution in [0.25, 0.3) is 5.69 Å². The lowest BCUT2D eigenvalue weighted by Crippen LogP contribution is -2.31. The first kappa shape index (κ1) is 22.9. The molecule has 0 bridgehead atoms. The molecule has 0 saturated carbocycles. The maximum absolute atomic E-state index is 13.3. The number of hydrogen-bond donors (Lipinski definition) is 1. The van der Waals surface area contributed by atoms with Crippen LogP contribution < -0.4 is 10.2 Å². The molecule has 1 aliphatic rings. The number of sulfonamides is 1. The van der Waals surface area contributed by atoms with E-state index < -0.39 is 10.0 Å². The number of benzene rings is 2. The van der Waals surface area contributed by atoms with E-state index in [0.29, 0.717) is 24.3 Å². The molecule has 0 aliphatic carbocycles. The van der Waals surface area contributed by atoms with E-state index in [0.717, 1.165) is 37.3 Å². The minimum Gasteiger partial charge on any atom is -0.371 e. The average molecular weight is 470 g/mol. The average Bonchev–Trinajstić information content (AvgIpc) is 3.54. The van der Waals surface area contributed by atoms with Gasteiger partial charge in [-0.3, -0.25) is 4.79 Å². The van der Waals surface area contributed by atoms with Crippen molar-refractivity contribution >= 4 is 27.3 Å². The number of rotatable bonds is 8. The summed E-state index contributed by atoms with van der Waals surface area (Å²) in [7, 11) is -3.69. The Labute approximate surface area is 193 Å². The Balaban J connectivity index is 1.65. The molecule has 2 heterocycles. The quantitative estimate of drug-likeness (QED) is 0.539. The molecule has 33 heavy (non-hydrogen) atoms. The van der Waals surface area contributed by atoms with Crippen LogP contribution in [0, 0.1) is 0 Å². The summed E-state index contributed by atoms with van der Waals surface area (Å²) < 4.78 is 29.0. The molecule has 0 unspecified atom stereocenters. The van der Waals surface area contributed by atoms with Gasteiger partial charge in [-0.25, -0.2) is 13.1 Å². The van der Waals surface area contributed by atoms with E-state index in [1.54, 1.807) is 50.2 Å². The molecule has 2 aromatic carbocycles. The third kappa shape index (κ3) is 4.74. The van der Waals surface area contributed by atoms with Crippen molar-refractivity contribution in [1.29, 1.82) is 0 Å². The third-order valence-corrected chi connectivity index (χ3v) is 7.79. The molecule has 1 amide bonds. The van der Waals surface area contributed by atoms with Crippen LogP contribution in [0.2, 0.25) is 0 Å². The zero-order chi connectivity index (χ0) is 23.4. The van der Waals surface area contributed by atoms with Gasteiger partial charge in [-0.1, -0.05) is 13.8 Å². The van der Waals surface area contributed by atoms with Crippen LogP contribution in [0.15, 0.2) is 53.7 Å². The SMILES string of the molecule is CCN(CC)S(=O)(=O)c1ccc(N2CCCC2)c(C(=O)Nc2ccc(-n3cnnn3)cc2)c1. The van der Waals surface area contributed by atoms with Crippen molar-refractivity contribution < 1.29 is 13.2 Å². The zero-order valence-electron chi connectivity index (χ0n) is 18.7. The monoisotopic (exact) mass is 469 g/mol. The predicted octanol–water partition coefficient (Wildman–Crippen LogP) is 2.55. The van der Waals surface area contributed by atoms with Crippen LogP contribution in [-0.2, 0) is 10.0 Å². The Bertz CT molecular complexity index is 1200. The van der Waals surface area contributed by atoms with Crippen LogP contribution in [0.3, 0.4) is 0 Å². The molecule has 4 rings (SSSR count). The third-order valence-electron chi connectivity index (χ3n) is 5.74. The van der Waals surface area contributed by atoms with Gasteiger partial charge in [0.15, 0.2) is 0 Å². The molecule has 10 nitrogen and oxygen atoms in total. The predicted molar refractivity (Wildman–Crippen MR) is 125 cm³/mol. The Morgan fingerprint density at radius 1 is 1.06 bits per heavy atom. The number of carbonyl (C=O) groups is 1. The summed E-state index contributed by atoms with van der Waals surface area (Å²) >= 11 is 0. The second-order valence-electron chi connectivity index (χ2n) is 7.72. The first-order valence-corrected chi connectivity index (χ1v) is 12.4. The summed E-state index contributed by atoms with van der Waals surface area (Å²) in [6.45, 7) is 5.99. The van der Waals surface area contributed by atoms with Gasteiger partial charge in [-0.2, -0.15) is 4.31 Å². The first-order chi connectivity index (χ1) is 15.9. The van der Waals surface area contributed by atoms with Crippen LogP contribution in [0.4, 0.5) is 11.4 Å². The Morgan fingerprint density at radius 3 is 2.36 bits per heavy atom. The summed E-state index contributed by atoms with van der Waals surface area (Å²) in [4.78, 5) is 15.6. The highest BCUT2D eigenvalue weighted by atomic mass is 32.2. The summed E-state index contributed by atoms with van der Waals surface area (Å²) in [5, 5.41) is 14.0. The topological polar surface area (TPSA) is 113 Å². The second kappa shape index (κ2) is 9.67. The lowest BCUT2D eigenvalue weighted by Gasteiger charge is -2.23. The minimum atomic E-state index is -3.69. The minimum absolute atomic E-state index is 0.119. The number of carbonyl (C=O) groups excluding carboxylic acids is 1. The molecule has 1 saturated heterocycles. The summed E-state index contributed by atoms with van der Waals surface area (Å²) in [5.41, 5.74) is 2.42. The number of tetrazole rings is 1. The lowest BCUT2D eigenvalue weighted by atomic mass is 10.1. The van der Waals surface area contributed by atoms with E-state index in [1.807, 2.05) is 0 Å². The van der Waals surface area contributed by atoms with Crippen LogP contribution in [-0.4, -0.2) is 65.0 Å². The second-order valence-corrected chi connectivity index (χ2v) is 9.66. The molecule has 1 fully saturated rings. The van der Waals surface area contributed by atoms with Gasteiger partial charge >= 0.3 is 0 Å². The van der Waals surface area contributed by atoms with E-state index in [2.05, 4.69) is 25.7 Å². The van der Waals surface area contributed by atoms with E-state index in [9.17, 15) is 13.2 Å². The van der Waals surface area contributed by atoms with Crippen molar-refractivity contribution in [3.8, 4) is 5.69 Å². The summed E-state index contributed by atoms with van der Waals surface area (Å²) in [6, 6.07) is 11.9. The highest BCUT2D eigenvalue weighted by Crippen LogP contribution is 2.29. The van der Waals surface area contributed by atoms with Gasteiger partial charge in [0.2, 0.25) is 10.0 Å². The fourth-order valence-corrected chi connectivity index (χ4v) is 5.46. The van der Waals surface area contributed by atoms with E-state index in [1.165, 1.54) is 21.4 Å². The maximum atomic E-state index is 13.3. The molecule has 1 aromatic heterocycles. The van der Waals surface area contributed by atoms with Gasteiger partial charge < -0.3 is 10.2 Å². The standard InChI is InChI=1S/C22H27N7O3S/c1-3-28(4-2)33(31,32)19-11-12-21(27-13-5-6-14-27)20(15-19)22(30)24-17-7-9-18(10-8-17)29-16-23-25-26-29/h7-12,15-16H,3-6,13-14H2,1-2H3,(H,24,30). The van der Waals surface area contributed by atoms with Crippen molar-refractivity contribution in [2.75, 3.05) is 36.4 Å². The fourth-order valence-electron chi connectivity index (χ4n) is 3.98. The summed E-state index contributed by atoms with van der Waals surface area (Å²) in [5.74, 6) is -0.358. The fraction of sp³-hybridized carbons (Fsp3) is 0.364. The maximum Gasteiger partial charge on any atom is 0.257 e. The van der Waals surface area contributed by atoms with Gasteiger partial charge in [-0.05, 0) is 65.7 Å². The smallest absolute Gasteiger partial charge is 0.257 e. The number of aromatic nitrogens is 4. The molecule has 0 atom stereocenters. The Hall–Kier alpha value is -3.31. The molecule has 174 valence electrons. The number of nitrogens with zero attached hydrogens (tertiary/aromatic N) is 6. The normalized spacial score (nSPS) is 14.1. The molecule has 1 N–H and O–H groups in total. The molecular formula is C22H27N7O3S. The Kier molecular flexibility index (Phi) is 6.70. The Morgan fingerprint density at radius 2 is 1.76 bits per heavy atom. The number of hydrogen-bond acceptors (Lipinski definition) is 7. The van der Waals surface area contributed by atoms with Crippen molar-refractivity contribution in [1.82, 2.24) is 24.5 Å². The number of amides is 1. The van der Waals surface area contributed by atoms with Gasteiger partial charge in [0.05, 0.1) is 16.1 Å². The van der Waals surface area contributed by atoms with Crippen LogP contribution in [0.5, 0.6) is 0 Å². The molecular weight excluding hydrogens is 442 g/mol. The largest absolute Gasteiger partial charge is 0.371 e. The molecule has 0 spiro atoms. The molecule has 3 aromatic rings. The van der Waals surface area contributed by atoms with E-state index in [-0.39, 0.29) is 10.8 Å². The highest BCUT2D eigenvalue weighted by molar-refractivity contribution is 7.89. The van der Waals surface area contributed by atoms with Gasteiger partial charge in [0.1, 0.15) is 6.33 Å². The molecule has 11 heteroatoms. The van der Waals surface area contributed by atoms with Crippen molar-refractivity contribution in [3.63, 3.8) is 0 Å². The highest BCUT2D eigenvalue weighted by Gasteiger charge is 2.26. The molecule has 1 aliphatic heterocycles. The van der Waals surface area contributed by atoms with Gasteiger partial charge in [-0.15, -0.1) is 5.10 Å². The van der Waals surface area contributed by atoms with Crippen molar-refractivity contribution in [3.05, 3.63) is 54.4 Å². The lowest BCUT2D eigenvalue weighted by molar-refractivity contribution is 0.102. The van der Waals surface area contributed by atoms with Gasteiger partial charge in [0.25, 0.3) is 5.91 Å². The van der Waals surface area contributed by atoms with Crippen LogP contribution >= 0.6 is 0 Å². The molecule has 0 radical (unpaired) electrons. The summed E-state index contributed by atoms with van der Waals surface area (Å²) in [6.07, 6.45) is 3.57. The van der Waals surface area contributed by atoms with E-state index in [4.69, 9.17) is 0 Å². The first-order valence-electron chi connectivity index (χ1n) is 11.0. The number of anilines is 2. The number of nitrogens with one attached hydrogen (secondary N) is 1. The van der Waals surface area contributed by atoms with Crippen molar-refractivity contribution in [2.45, 2.75) is 31.6 Å². The van der Waals surface area contributed by atoms with Crippen molar-refractivity contribution in [2.24, 2.45) is 0 Å². The zero-order valence-corrected chi connectivity index (χ0v) is 19.5. The van der Waals surface area contributed by atoms with E-state index >= 15 is 0 Å². The van der Waals surface area contributed by atoms with Crippen LogP contribution in [0.1, 0.15) is 37.0 Å².